The maximum absolute atomic E-state index is 13.7. The molecular weight excluding hydrogens is 288 g/mol. The van der Waals surface area contributed by atoms with E-state index in [2.05, 4.69) is 10.5 Å². The van der Waals surface area contributed by atoms with Gasteiger partial charge in [-0.2, -0.15) is 18.3 Å². The molecular formula is C13H14F4N4. The van der Waals surface area contributed by atoms with Crippen molar-refractivity contribution in [2.75, 3.05) is 0 Å². The lowest BCUT2D eigenvalue weighted by molar-refractivity contribution is -0.140. The Kier molecular flexibility index (Phi) is 4.02. The number of benzene rings is 1. The first-order chi connectivity index (χ1) is 9.75. The molecule has 1 atom stereocenters. The van der Waals surface area contributed by atoms with Gasteiger partial charge < -0.3 is 0 Å². The molecule has 2 aromatic rings. The van der Waals surface area contributed by atoms with Crippen LogP contribution in [0.25, 0.3) is 0 Å². The van der Waals surface area contributed by atoms with E-state index in [0.717, 1.165) is 11.8 Å². The van der Waals surface area contributed by atoms with E-state index in [-0.39, 0.29) is 0 Å². The summed E-state index contributed by atoms with van der Waals surface area (Å²) in [5.74, 6) is 4.13. The third-order valence-electron chi connectivity index (χ3n) is 3.38. The summed E-state index contributed by atoms with van der Waals surface area (Å²) in [5.41, 5.74) is 2.90. The molecule has 0 bridgehead atoms. The Bertz CT molecular complexity index is 648. The maximum atomic E-state index is 13.7. The number of alkyl halides is 3. The molecule has 0 aliphatic heterocycles. The Balaban J connectivity index is 2.45. The lowest BCUT2D eigenvalue weighted by Crippen LogP contribution is -2.29. The van der Waals surface area contributed by atoms with Crippen LogP contribution >= 0.6 is 0 Å². The largest absolute Gasteiger partial charge is 0.419 e. The maximum Gasteiger partial charge on any atom is 0.419 e. The van der Waals surface area contributed by atoms with Crippen LogP contribution in [0.4, 0.5) is 17.6 Å². The monoisotopic (exact) mass is 302 g/mol. The van der Waals surface area contributed by atoms with Crippen molar-refractivity contribution in [1.29, 1.82) is 0 Å². The van der Waals surface area contributed by atoms with Gasteiger partial charge in [0.05, 0.1) is 17.8 Å². The van der Waals surface area contributed by atoms with Gasteiger partial charge in [0.25, 0.3) is 0 Å². The van der Waals surface area contributed by atoms with Crippen molar-refractivity contribution in [1.82, 2.24) is 15.2 Å². The average Bonchev–Trinajstić information content (AvgIpc) is 2.71. The third kappa shape index (κ3) is 2.91. The van der Waals surface area contributed by atoms with Crippen LogP contribution in [0.5, 0.6) is 0 Å². The number of hydrogen-bond donors (Lipinski definition) is 2. The van der Waals surface area contributed by atoms with Gasteiger partial charge in [0.15, 0.2) is 0 Å². The van der Waals surface area contributed by atoms with Crippen LogP contribution in [0.15, 0.2) is 24.4 Å². The lowest BCUT2D eigenvalue weighted by Gasteiger charge is -2.17. The highest BCUT2D eigenvalue weighted by atomic mass is 19.4. The molecule has 0 amide bonds. The van der Waals surface area contributed by atoms with E-state index in [1.807, 2.05) is 0 Å². The van der Waals surface area contributed by atoms with Gasteiger partial charge in [0.1, 0.15) is 5.82 Å². The molecule has 21 heavy (non-hydrogen) atoms. The fourth-order valence-corrected chi connectivity index (χ4v) is 2.11. The van der Waals surface area contributed by atoms with E-state index in [1.165, 1.54) is 12.3 Å². The van der Waals surface area contributed by atoms with Crippen LogP contribution in [0.1, 0.15) is 28.4 Å². The molecule has 1 unspecified atom stereocenters. The molecule has 0 spiro atoms. The molecule has 8 heteroatoms. The van der Waals surface area contributed by atoms with Gasteiger partial charge in [-0.1, -0.05) is 6.07 Å². The Morgan fingerprint density at radius 1 is 1.33 bits per heavy atom. The summed E-state index contributed by atoms with van der Waals surface area (Å²) in [6, 6.07) is 2.10. The smallest absolute Gasteiger partial charge is 0.273 e. The van der Waals surface area contributed by atoms with Gasteiger partial charge in [0.2, 0.25) is 0 Å². The molecule has 0 saturated heterocycles. The molecule has 1 aromatic carbocycles. The SMILES string of the molecule is Cc1c(C(NN)c2ccc(C(F)(F)F)c(F)c2)cnn1C. The lowest BCUT2D eigenvalue weighted by atomic mass is 9.98. The van der Waals surface area contributed by atoms with E-state index in [1.54, 1.807) is 18.7 Å². The van der Waals surface area contributed by atoms with Crippen LogP contribution in [-0.2, 0) is 13.2 Å². The number of halogens is 4. The minimum atomic E-state index is -4.72. The van der Waals surface area contributed by atoms with Gasteiger partial charge in [-0.15, -0.1) is 0 Å². The minimum absolute atomic E-state index is 0.291. The Hall–Kier alpha value is -1.93. The predicted octanol–water partition coefficient (Wildman–Crippen LogP) is 2.44. The van der Waals surface area contributed by atoms with E-state index in [0.29, 0.717) is 17.2 Å². The zero-order valence-electron chi connectivity index (χ0n) is 11.4. The standard InChI is InChI=1S/C13H14F4N4/c1-7-9(6-19-21(7)2)12(20-18)8-3-4-10(11(14)5-8)13(15,16)17/h3-6,12,20H,18H2,1-2H3. The van der Waals surface area contributed by atoms with Crippen molar-refractivity contribution in [2.24, 2.45) is 12.9 Å². The fourth-order valence-electron chi connectivity index (χ4n) is 2.11. The zero-order valence-corrected chi connectivity index (χ0v) is 11.4. The zero-order chi connectivity index (χ0) is 15.8. The average molecular weight is 302 g/mol. The molecule has 0 radical (unpaired) electrons. The number of hydrogen-bond acceptors (Lipinski definition) is 3. The van der Waals surface area contributed by atoms with E-state index >= 15 is 0 Å². The summed E-state index contributed by atoms with van der Waals surface area (Å²) < 4.78 is 52.9. The van der Waals surface area contributed by atoms with Gasteiger partial charge >= 0.3 is 6.18 Å². The summed E-state index contributed by atoms with van der Waals surface area (Å²) >= 11 is 0. The molecule has 2 rings (SSSR count). The second kappa shape index (κ2) is 5.45. The van der Waals surface area contributed by atoms with Crippen molar-refractivity contribution >= 4 is 0 Å². The Morgan fingerprint density at radius 2 is 2.00 bits per heavy atom. The number of nitrogens with zero attached hydrogens (tertiary/aromatic N) is 2. The fraction of sp³-hybridized carbons (Fsp3) is 0.308. The highest BCUT2D eigenvalue weighted by Crippen LogP contribution is 2.33. The van der Waals surface area contributed by atoms with Crippen molar-refractivity contribution < 1.29 is 17.6 Å². The summed E-state index contributed by atoms with van der Waals surface area (Å²) in [7, 11) is 1.72. The highest BCUT2D eigenvalue weighted by Gasteiger charge is 2.34. The van der Waals surface area contributed by atoms with Crippen molar-refractivity contribution in [2.45, 2.75) is 19.1 Å². The topological polar surface area (TPSA) is 55.9 Å². The number of nitrogens with one attached hydrogen (secondary N) is 1. The van der Waals surface area contributed by atoms with Gasteiger partial charge in [-0.25, -0.2) is 9.82 Å². The predicted molar refractivity (Wildman–Crippen MR) is 68.5 cm³/mol. The molecule has 4 nitrogen and oxygen atoms in total. The van der Waals surface area contributed by atoms with E-state index in [4.69, 9.17) is 5.84 Å². The summed E-state index contributed by atoms with van der Waals surface area (Å²) in [6.45, 7) is 1.78. The number of aryl methyl sites for hydroxylation is 1. The summed E-state index contributed by atoms with van der Waals surface area (Å²) in [4.78, 5) is 0. The van der Waals surface area contributed by atoms with Crippen LogP contribution in [0.3, 0.4) is 0 Å². The molecule has 0 aliphatic rings. The normalized spacial score (nSPS) is 13.5. The van der Waals surface area contributed by atoms with Crippen LogP contribution < -0.4 is 11.3 Å². The second-order valence-corrected chi connectivity index (χ2v) is 4.65. The number of hydrazine groups is 1. The Labute approximate surface area is 118 Å². The molecule has 3 N–H and O–H groups in total. The van der Waals surface area contributed by atoms with Gasteiger partial charge in [-0.3, -0.25) is 10.5 Å². The Morgan fingerprint density at radius 3 is 2.43 bits per heavy atom. The van der Waals surface area contributed by atoms with Gasteiger partial charge in [0, 0.05) is 18.3 Å². The van der Waals surface area contributed by atoms with Crippen LogP contribution in [0, 0.1) is 12.7 Å². The first kappa shape index (κ1) is 15.5. The molecule has 0 saturated carbocycles. The van der Waals surface area contributed by atoms with E-state index in [9.17, 15) is 17.6 Å². The first-order valence-electron chi connectivity index (χ1n) is 6.07. The first-order valence-corrected chi connectivity index (χ1v) is 6.07. The molecule has 0 aliphatic carbocycles. The molecule has 1 heterocycles. The number of aromatic nitrogens is 2. The molecule has 114 valence electrons. The third-order valence-corrected chi connectivity index (χ3v) is 3.38. The summed E-state index contributed by atoms with van der Waals surface area (Å²) in [5, 5.41) is 4.04. The minimum Gasteiger partial charge on any atom is -0.273 e. The van der Waals surface area contributed by atoms with Crippen LogP contribution in [-0.4, -0.2) is 9.78 Å². The quantitative estimate of drug-likeness (QED) is 0.520. The van der Waals surface area contributed by atoms with Gasteiger partial charge in [-0.05, 0) is 24.6 Å². The number of nitrogens with two attached hydrogens (primary N) is 1. The van der Waals surface area contributed by atoms with Crippen molar-refractivity contribution in [3.05, 3.63) is 52.6 Å². The molecule has 0 fully saturated rings. The highest BCUT2D eigenvalue weighted by molar-refractivity contribution is 5.35. The summed E-state index contributed by atoms with van der Waals surface area (Å²) in [6.07, 6.45) is -3.19. The second-order valence-electron chi connectivity index (χ2n) is 4.65. The van der Waals surface area contributed by atoms with E-state index < -0.39 is 23.6 Å². The van der Waals surface area contributed by atoms with Crippen molar-refractivity contribution in [3.8, 4) is 0 Å². The molecule has 1 aromatic heterocycles. The number of rotatable bonds is 3. The van der Waals surface area contributed by atoms with Crippen LogP contribution in [0.2, 0.25) is 0 Å². The van der Waals surface area contributed by atoms with Crippen molar-refractivity contribution in [3.63, 3.8) is 0 Å².